The Balaban J connectivity index is 2.56. The Hall–Kier alpha value is -1.62. The van der Waals surface area contributed by atoms with Crippen LogP contribution in [0, 0.1) is 12.7 Å². The Labute approximate surface area is 119 Å². The van der Waals surface area contributed by atoms with Gasteiger partial charge in [0.15, 0.2) is 0 Å². The molecule has 1 N–H and O–H groups in total. The van der Waals surface area contributed by atoms with E-state index in [0.717, 1.165) is 0 Å². The summed E-state index contributed by atoms with van der Waals surface area (Å²) in [6, 6.07) is 4.71. The van der Waals surface area contributed by atoms with Gasteiger partial charge in [-0.3, -0.25) is 4.79 Å². The molecule has 0 saturated heterocycles. The maximum absolute atomic E-state index is 13.4. The minimum Gasteiger partial charge on any atom is -0.493 e. The van der Waals surface area contributed by atoms with E-state index in [9.17, 15) is 9.18 Å². The molecule has 1 atom stereocenters. The third-order valence-corrected chi connectivity index (χ3v) is 3.29. The summed E-state index contributed by atoms with van der Waals surface area (Å²) in [4.78, 5) is 11.8. The topological polar surface area (TPSA) is 47.6 Å². The predicted octanol–water partition coefficient (Wildman–Crippen LogP) is 2.44. The molecular weight excluding hydrogens is 261 g/mol. The first-order valence-electron chi connectivity index (χ1n) is 6.68. The number of aryl methyl sites for hydroxylation is 1. The Morgan fingerprint density at radius 1 is 1.45 bits per heavy atom. The fraction of sp³-hybridized carbons (Fsp3) is 0.533. The lowest BCUT2D eigenvalue weighted by Crippen LogP contribution is -2.49. The van der Waals surface area contributed by atoms with E-state index in [1.54, 1.807) is 40.0 Å². The summed E-state index contributed by atoms with van der Waals surface area (Å²) in [5, 5.41) is 2.94. The lowest BCUT2D eigenvalue weighted by molar-refractivity contribution is -0.150. The number of rotatable bonds is 7. The second-order valence-corrected chi connectivity index (χ2v) is 4.81. The maximum Gasteiger partial charge on any atom is 0.326 e. The summed E-state index contributed by atoms with van der Waals surface area (Å²) < 4.78 is 23.9. The molecule has 0 aliphatic heterocycles. The van der Waals surface area contributed by atoms with Gasteiger partial charge in [-0.1, -0.05) is 6.07 Å². The summed E-state index contributed by atoms with van der Waals surface area (Å²) in [6.45, 7) is 5.83. The van der Waals surface area contributed by atoms with E-state index < -0.39 is 5.54 Å². The standard InChI is InChI=1S/C15H22FNO3/c1-5-19-14(18)15(3,17-4)8-9-20-12-7-6-11(2)13(16)10-12/h6-7,10,17H,5,8-9H2,1-4H3. The average Bonchev–Trinajstić information content (AvgIpc) is 2.42. The summed E-state index contributed by atoms with van der Waals surface area (Å²) >= 11 is 0. The number of esters is 1. The molecule has 0 fully saturated rings. The largest absolute Gasteiger partial charge is 0.493 e. The Kier molecular flexibility index (Phi) is 5.95. The van der Waals surface area contributed by atoms with Crippen LogP contribution in [0.25, 0.3) is 0 Å². The van der Waals surface area contributed by atoms with E-state index in [2.05, 4.69) is 5.32 Å². The highest BCUT2D eigenvalue weighted by Gasteiger charge is 2.32. The number of carbonyl (C=O) groups is 1. The van der Waals surface area contributed by atoms with Crippen LogP contribution in [0.4, 0.5) is 4.39 Å². The molecule has 0 heterocycles. The van der Waals surface area contributed by atoms with Crippen molar-refractivity contribution < 1.29 is 18.7 Å². The molecule has 0 bridgehead atoms. The highest BCUT2D eigenvalue weighted by atomic mass is 19.1. The zero-order valence-electron chi connectivity index (χ0n) is 12.5. The fourth-order valence-corrected chi connectivity index (χ4v) is 1.66. The molecule has 112 valence electrons. The van der Waals surface area contributed by atoms with Crippen LogP contribution in [-0.4, -0.2) is 31.8 Å². The van der Waals surface area contributed by atoms with Crippen LogP contribution >= 0.6 is 0 Å². The molecule has 5 heteroatoms. The third-order valence-electron chi connectivity index (χ3n) is 3.29. The first-order valence-corrected chi connectivity index (χ1v) is 6.68. The molecule has 0 spiro atoms. The molecule has 1 aromatic rings. The fourth-order valence-electron chi connectivity index (χ4n) is 1.66. The first kappa shape index (κ1) is 16.4. The minimum absolute atomic E-state index is 0.290. The van der Waals surface area contributed by atoms with E-state index in [1.165, 1.54) is 6.07 Å². The highest BCUT2D eigenvalue weighted by molar-refractivity contribution is 5.80. The summed E-state index contributed by atoms with van der Waals surface area (Å²) in [7, 11) is 1.70. The quantitative estimate of drug-likeness (QED) is 0.781. The van der Waals surface area contributed by atoms with Crippen molar-refractivity contribution in [1.29, 1.82) is 0 Å². The van der Waals surface area contributed by atoms with Gasteiger partial charge >= 0.3 is 5.97 Å². The number of carbonyl (C=O) groups excluding carboxylic acids is 1. The van der Waals surface area contributed by atoms with Gasteiger partial charge in [0.05, 0.1) is 13.2 Å². The number of halogens is 1. The van der Waals surface area contributed by atoms with E-state index in [1.807, 2.05) is 0 Å². The van der Waals surface area contributed by atoms with Crippen molar-refractivity contribution in [3.05, 3.63) is 29.6 Å². The SMILES string of the molecule is CCOC(=O)C(C)(CCOc1ccc(C)c(F)c1)NC. The van der Waals surface area contributed by atoms with Gasteiger partial charge in [-0.05, 0) is 39.4 Å². The molecule has 0 saturated carbocycles. The number of likely N-dealkylation sites (N-methyl/N-ethyl adjacent to an activating group) is 1. The minimum atomic E-state index is -0.806. The molecule has 0 amide bonds. The Bertz CT molecular complexity index is 464. The van der Waals surface area contributed by atoms with Gasteiger partial charge in [0.2, 0.25) is 0 Å². The number of ether oxygens (including phenoxy) is 2. The molecule has 0 radical (unpaired) electrons. The van der Waals surface area contributed by atoms with Gasteiger partial charge < -0.3 is 14.8 Å². The van der Waals surface area contributed by atoms with Crippen LogP contribution in [-0.2, 0) is 9.53 Å². The van der Waals surface area contributed by atoms with Gasteiger partial charge in [0, 0.05) is 12.5 Å². The average molecular weight is 283 g/mol. The third kappa shape index (κ3) is 4.20. The van der Waals surface area contributed by atoms with Crippen molar-refractivity contribution >= 4 is 5.97 Å². The van der Waals surface area contributed by atoms with E-state index in [0.29, 0.717) is 30.9 Å². The molecule has 1 aromatic carbocycles. The van der Waals surface area contributed by atoms with Crippen LogP contribution in [0.1, 0.15) is 25.8 Å². The van der Waals surface area contributed by atoms with Crippen LogP contribution in [0.3, 0.4) is 0 Å². The van der Waals surface area contributed by atoms with Crippen LogP contribution in [0.15, 0.2) is 18.2 Å². The van der Waals surface area contributed by atoms with Gasteiger partial charge in [0.1, 0.15) is 17.1 Å². The van der Waals surface area contributed by atoms with E-state index >= 15 is 0 Å². The van der Waals surface area contributed by atoms with Crippen LogP contribution < -0.4 is 10.1 Å². The van der Waals surface area contributed by atoms with Crippen LogP contribution in [0.5, 0.6) is 5.75 Å². The molecule has 0 aromatic heterocycles. The number of nitrogens with one attached hydrogen (secondary N) is 1. The summed E-state index contributed by atoms with van der Waals surface area (Å²) in [6.07, 6.45) is 0.428. The zero-order valence-corrected chi connectivity index (χ0v) is 12.5. The number of hydrogen-bond donors (Lipinski definition) is 1. The van der Waals surface area contributed by atoms with Gasteiger partial charge in [-0.25, -0.2) is 4.39 Å². The normalized spacial score (nSPS) is 13.7. The molecule has 4 nitrogen and oxygen atoms in total. The monoisotopic (exact) mass is 283 g/mol. The Morgan fingerprint density at radius 3 is 2.70 bits per heavy atom. The molecule has 0 aliphatic carbocycles. The molecule has 1 unspecified atom stereocenters. The van der Waals surface area contributed by atoms with Crippen molar-refractivity contribution in [3.8, 4) is 5.75 Å². The zero-order chi connectivity index (χ0) is 15.2. The smallest absolute Gasteiger partial charge is 0.326 e. The van der Waals surface area contributed by atoms with Gasteiger partial charge in [-0.2, -0.15) is 0 Å². The summed E-state index contributed by atoms with van der Waals surface area (Å²) in [5.74, 6) is -0.166. The Morgan fingerprint density at radius 2 is 2.15 bits per heavy atom. The van der Waals surface area contributed by atoms with Crippen molar-refractivity contribution in [3.63, 3.8) is 0 Å². The molecule has 1 rings (SSSR count). The molecule has 20 heavy (non-hydrogen) atoms. The maximum atomic E-state index is 13.4. The predicted molar refractivity (Wildman–Crippen MR) is 75.3 cm³/mol. The first-order chi connectivity index (χ1) is 9.42. The van der Waals surface area contributed by atoms with Crippen LogP contribution in [0.2, 0.25) is 0 Å². The number of hydrogen-bond acceptors (Lipinski definition) is 4. The van der Waals surface area contributed by atoms with E-state index in [-0.39, 0.29) is 11.8 Å². The second kappa shape index (κ2) is 7.24. The van der Waals surface area contributed by atoms with Crippen molar-refractivity contribution in [2.75, 3.05) is 20.3 Å². The lowest BCUT2D eigenvalue weighted by Gasteiger charge is -2.26. The molecule has 0 aliphatic rings. The second-order valence-electron chi connectivity index (χ2n) is 4.81. The van der Waals surface area contributed by atoms with Gasteiger partial charge in [-0.15, -0.1) is 0 Å². The van der Waals surface area contributed by atoms with Crippen molar-refractivity contribution in [2.24, 2.45) is 0 Å². The van der Waals surface area contributed by atoms with E-state index in [4.69, 9.17) is 9.47 Å². The van der Waals surface area contributed by atoms with Crippen molar-refractivity contribution in [2.45, 2.75) is 32.7 Å². The highest BCUT2D eigenvalue weighted by Crippen LogP contribution is 2.18. The lowest BCUT2D eigenvalue weighted by atomic mass is 9.99. The van der Waals surface area contributed by atoms with Gasteiger partial charge in [0.25, 0.3) is 0 Å². The molecular formula is C15H22FNO3. The summed E-state index contributed by atoms with van der Waals surface area (Å²) in [5.41, 5.74) is -0.233. The number of benzene rings is 1. The van der Waals surface area contributed by atoms with Crippen molar-refractivity contribution in [1.82, 2.24) is 5.32 Å².